The van der Waals surface area contributed by atoms with E-state index in [4.69, 9.17) is 16.3 Å². The normalized spacial score (nSPS) is 18.5. The Kier molecular flexibility index (Phi) is 7.23. The molecular formula is C28H25ClN2O3S. The van der Waals surface area contributed by atoms with Crippen LogP contribution in [-0.2, 0) is 16.1 Å². The Hall–Kier alpha value is -3.06. The third-order valence-electron chi connectivity index (χ3n) is 6.05. The number of nitrogens with zero attached hydrogens (tertiary/aromatic N) is 1. The number of amides is 2. The van der Waals surface area contributed by atoms with Gasteiger partial charge in [0.1, 0.15) is 0 Å². The fourth-order valence-electron chi connectivity index (χ4n) is 4.23. The minimum absolute atomic E-state index is 0.0629. The van der Waals surface area contributed by atoms with Crippen LogP contribution in [-0.4, -0.2) is 31.1 Å². The number of benzene rings is 3. The van der Waals surface area contributed by atoms with Gasteiger partial charge in [0.2, 0.25) is 0 Å². The number of carbonyl (C=O) groups is 2. The molecule has 2 aliphatic rings. The maximum absolute atomic E-state index is 13.5. The summed E-state index contributed by atoms with van der Waals surface area (Å²) in [5.74, 6) is -0.184. The van der Waals surface area contributed by atoms with Gasteiger partial charge in [-0.3, -0.25) is 9.59 Å². The average Bonchev–Trinajstić information content (AvgIpc) is 3.39. The summed E-state index contributed by atoms with van der Waals surface area (Å²) in [6.45, 7) is 1.72. The number of fused-ring (bicyclic) bond motifs is 1. The summed E-state index contributed by atoms with van der Waals surface area (Å²) in [5, 5.41) is 3.58. The number of anilines is 1. The van der Waals surface area contributed by atoms with E-state index in [0.717, 1.165) is 41.2 Å². The Morgan fingerprint density at radius 1 is 1.11 bits per heavy atom. The van der Waals surface area contributed by atoms with Crippen molar-refractivity contribution < 1.29 is 14.3 Å². The molecule has 178 valence electrons. The maximum Gasteiger partial charge on any atom is 0.265 e. The van der Waals surface area contributed by atoms with Crippen LogP contribution in [0.3, 0.4) is 0 Å². The van der Waals surface area contributed by atoms with Crippen molar-refractivity contribution in [2.45, 2.75) is 30.4 Å². The van der Waals surface area contributed by atoms with Gasteiger partial charge in [-0.05, 0) is 66.4 Å². The highest BCUT2D eigenvalue weighted by Crippen LogP contribution is 2.42. The van der Waals surface area contributed by atoms with Crippen LogP contribution in [0, 0.1) is 0 Å². The number of nitrogens with one attached hydrogen (secondary N) is 1. The standard InChI is InChI=1S/C28H25ClN2O3S/c29-22-6-3-5-20(15-22)18-31-24-8-1-2-9-25(24)35-26(28(31)33)16-19-10-12-21(13-11-19)27(32)30-17-23-7-4-14-34-23/h1-3,5-6,8-13,15-16,23H,4,7,14,17-18H2,(H,30,32)/b26-16-/t23-/m0/s1. The Labute approximate surface area is 214 Å². The molecule has 1 N–H and O–H groups in total. The van der Waals surface area contributed by atoms with Crippen LogP contribution in [0.15, 0.2) is 82.6 Å². The number of hydrogen-bond acceptors (Lipinski definition) is 4. The second kappa shape index (κ2) is 10.7. The van der Waals surface area contributed by atoms with Gasteiger partial charge in [-0.1, -0.05) is 59.8 Å². The fourth-order valence-corrected chi connectivity index (χ4v) is 5.50. The Morgan fingerprint density at radius 2 is 1.94 bits per heavy atom. The summed E-state index contributed by atoms with van der Waals surface area (Å²) in [4.78, 5) is 29.4. The molecule has 7 heteroatoms. The van der Waals surface area contributed by atoms with E-state index in [1.165, 1.54) is 11.8 Å². The molecule has 35 heavy (non-hydrogen) atoms. The third kappa shape index (κ3) is 5.61. The van der Waals surface area contributed by atoms with Crippen LogP contribution in [0.1, 0.15) is 34.3 Å². The van der Waals surface area contributed by atoms with Crippen LogP contribution in [0.4, 0.5) is 5.69 Å². The average molecular weight is 505 g/mol. The largest absolute Gasteiger partial charge is 0.376 e. The number of thioether (sulfide) groups is 1. The van der Waals surface area contributed by atoms with Gasteiger partial charge in [0, 0.05) is 28.6 Å². The minimum atomic E-state index is -0.121. The highest BCUT2D eigenvalue weighted by atomic mass is 35.5. The summed E-state index contributed by atoms with van der Waals surface area (Å²) in [6, 6.07) is 22.8. The molecule has 0 spiro atoms. The van der Waals surface area contributed by atoms with E-state index in [0.29, 0.717) is 28.6 Å². The predicted molar refractivity (Wildman–Crippen MR) is 141 cm³/mol. The zero-order chi connectivity index (χ0) is 24.2. The van der Waals surface area contributed by atoms with Crippen molar-refractivity contribution in [1.29, 1.82) is 0 Å². The molecule has 0 saturated carbocycles. The Balaban J connectivity index is 1.34. The van der Waals surface area contributed by atoms with Crippen LogP contribution >= 0.6 is 23.4 Å². The van der Waals surface area contributed by atoms with E-state index in [2.05, 4.69) is 5.32 Å². The number of rotatable bonds is 6. The molecule has 0 unspecified atom stereocenters. The molecule has 3 aromatic carbocycles. The van der Waals surface area contributed by atoms with Crippen molar-refractivity contribution in [3.8, 4) is 0 Å². The van der Waals surface area contributed by atoms with Crippen LogP contribution in [0.5, 0.6) is 0 Å². The van der Waals surface area contributed by atoms with E-state index >= 15 is 0 Å². The quantitative estimate of drug-likeness (QED) is 0.423. The molecule has 5 nitrogen and oxygen atoms in total. The number of carbonyl (C=O) groups excluding carboxylic acids is 2. The third-order valence-corrected chi connectivity index (χ3v) is 7.36. The number of ether oxygens (including phenoxy) is 1. The molecule has 0 bridgehead atoms. The van der Waals surface area contributed by atoms with Gasteiger partial charge >= 0.3 is 0 Å². The highest BCUT2D eigenvalue weighted by Gasteiger charge is 2.29. The van der Waals surface area contributed by atoms with Crippen molar-refractivity contribution in [2.75, 3.05) is 18.1 Å². The van der Waals surface area contributed by atoms with Gasteiger partial charge in [0.15, 0.2) is 0 Å². The SMILES string of the molecule is O=C(NC[C@@H]1CCCO1)c1ccc(/C=C2\Sc3ccccc3N(Cc3cccc(Cl)c3)C2=O)cc1. The van der Waals surface area contributed by atoms with E-state index in [1.807, 2.05) is 66.7 Å². The first-order valence-corrected chi connectivity index (χ1v) is 12.8. The first-order chi connectivity index (χ1) is 17.1. The van der Waals surface area contributed by atoms with E-state index in [-0.39, 0.29) is 17.9 Å². The van der Waals surface area contributed by atoms with Gasteiger partial charge in [0.05, 0.1) is 23.2 Å². The lowest BCUT2D eigenvalue weighted by Crippen LogP contribution is -2.33. The second-order valence-electron chi connectivity index (χ2n) is 8.57. The molecular weight excluding hydrogens is 480 g/mol. The second-order valence-corrected chi connectivity index (χ2v) is 10.1. The molecule has 5 rings (SSSR count). The lowest BCUT2D eigenvalue weighted by Gasteiger charge is -2.30. The van der Waals surface area contributed by atoms with Gasteiger partial charge in [0.25, 0.3) is 11.8 Å². The lowest BCUT2D eigenvalue weighted by atomic mass is 10.1. The van der Waals surface area contributed by atoms with Crippen molar-refractivity contribution >= 4 is 46.9 Å². The molecule has 2 aliphatic heterocycles. The molecule has 2 amide bonds. The number of halogens is 1. The van der Waals surface area contributed by atoms with E-state index in [1.54, 1.807) is 17.0 Å². The zero-order valence-electron chi connectivity index (χ0n) is 19.1. The Morgan fingerprint density at radius 3 is 2.71 bits per heavy atom. The first-order valence-electron chi connectivity index (χ1n) is 11.6. The lowest BCUT2D eigenvalue weighted by molar-refractivity contribution is -0.114. The smallest absolute Gasteiger partial charge is 0.265 e. The van der Waals surface area contributed by atoms with Gasteiger partial charge in [-0.15, -0.1) is 0 Å². The molecule has 0 aromatic heterocycles. The number of para-hydroxylation sites is 1. The van der Waals surface area contributed by atoms with Crippen LogP contribution in [0.2, 0.25) is 5.02 Å². The Bertz CT molecular complexity index is 1270. The zero-order valence-corrected chi connectivity index (χ0v) is 20.6. The van der Waals surface area contributed by atoms with Crippen molar-refractivity contribution in [3.05, 3.63) is 99.4 Å². The van der Waals surface area contributed by atoms with E-state index in [9.17, 15) is 9.59 Å². The van der Waals surface area contributed by atoms with Crippen LogP contribution in [0.25, 0.3) is 6.08 Å². The van der Waals surface area contributed by atoms with Crippen molar-refractivity contribution in [3.63, 3.8) is 0 Å². The molecule has 0 radical (unpaired) electrons. The minimum Gasteiger partial charge on any atom is -0.376 e. The monoisotopic (exact) mass is 504 g/mol. The van der Waals surface area contributed by atoms with Crippen LogP contribution < -0.4 is 10.2 Å². The molecule has 1 saturated heterocycles. The number of hydrogen-bond donors (Lipinski definition) is 1. The van der Waals surface area contributed by atoms with Crippen molar-refractivity contribution in [2.24, 2.45) is 0 Å². The molecule has 1 fully saturated rings. The summed E-state index contributed by atoms with van der Waals surface area (Å²) in [7, 11) is 0. The van der Waals surface area contributed by atoms with Gasteiger partial charge in [-0.2, -0.15) is 0 Å². The summed E-state index contributed by atoms with van der Waals surface area (Å²) in [5.41, 5.74) is 3.29. The fraction of sp³-hybridized carbons (Fsp3) is 0.214. The van der Waals surface area contributed by atoms with Gasteiger partial charge < -0.3 is 15.0 Å². The topological polar surface area (TPSA) is 58.6 Å². The summed E-state index contributed by atoms with van der Waals surface area (Å²) >= 11 is 7.63. The van der Waals surface area contributed by atoms with Crippen molar-refractivity contribution in [1.82, 2.24) is 5.32 Å². The predicted octanol–water partition coefficient (Wildman–Crippen LogP) is 5.93. The summed E-state index contributed by atoms with van der Waals surface area (Å²) in [6.07, 6.45) is 4.01. The van der Waals surface area contributed by atoms with E-state index < -0.39 is 0 Å². The summed E-state index contributed by atoms with van der Waals surface area (Å²) < 4.78 is 5.56. The maximum atomic E-state index is 13.5. The first kappa shape index (κ1) is 23.7. The molecule has 3 aromatic rings. The molecule has 0 aliphatic carbocycles. The van der Waals surface area contributed by atoms with Gasteiger partial charge in [-0.25, -0.2) is 0 Å². The highest BCUT2D eigenvalue weighted by molar-refractivity contribution is 8.04. The molecule has 2 heterocycles. The molecule has 1 atom stereocenters.